The Balaban J connectivity index is 1.38. The number of allylic oxidation sites excluding steroid dienone is 1. The molecule has 7 heteroatoms. The first-order valence-electron chi connectivity index (χ1n) is 10.1. The number of fused-ring (bicyclic) bond motifs is 1. The third kappa shape index (κ3) is 4.14. The molecule has 6 nitrogen and oxygen atoms in total. The molecule has 0 saturated carbocycles. The molecule has 0 fully saturated rings. The number of carbonyl (C=O) groups is 2. The second kappa shape index (κ2) is 8.37. The van der Waals surface area contributed by atoms with Crippen molar-refractivity contribution in [1.82, 2.24) is 0 Å². The van der Waals surface area contributed by atoms with E-state index in [9.17, 15) is 14.7 Å². The van der Waals surface area contributed by atoms with Gasteiger partial charge in [-0.25, -0.2) is 0 Å². The largest absolute Gasteiger partial charge is 0.507 e. The van der Waals surface area contributed by atoms with Gasteiger partial charge < -0.3 is 20.6 Å². The normalized spacial score (nSPS) is 13.8. The van der Waals surface area contributed by atoms with Gasteiger partial charge in [-0.3, -0.25) is 9.59 Å². The van der Waals surface area contributed by atoms with Crippen LogP contribution in [0.15, 0.2) is 93.1 Å². The van der Waals surface area contributed by atoms with Gasteiger partial charge in [0, 0.05) is 27.4 Å². The lowest BCUT2D eigenvalue weighted by Crippen LogP contribution is -2.12. The second-order valence-electron chi connectivity index (χ2n) is 7.45. The SMILES string of the molecule is Nc1ccc(NC(=O)c2cc(-c3ccc(/C=C4\Sc5ccccc5C4=O)o3)ccc2O)cc1. The van der Waals surface area contributed by atoms with Gasteiger partial charge in [-0.05, 0) is 72.8 Å². The van der Waals surface area contributed by atoms with Crippen LogP contribution in [-0.4, -0.2) is 16.8 Å². The highest BCUT2D eigenvalue weighted by molar-refractivity contribution is 8.04. The number of furan rings is 1. The van der Waals surface area contributed by atoms with Crippen LogP contribution in [0, 0.1) is 0 Å². The summed E-state index contributed by atoms with van der Waals surface area (Å²) in [7, 11) is 0. The van der Waals surface area contributed by atoms with Crippen LogP contribution < -0.4 is 11.1 Å². The topological polar surface area (TPSA) is 106 Å². The number of thioether (sulfide) groups is 1. The molecule has 162 valence electrons. The number of nitrogens with two attached hydrogens (primary N) is 1. The van der Waals surface area contributed by atoms with Crippen LogP contribution in [0.2, 0.25) is 0 Å². The lowest BCUT2D eigenvalue weighted by molar-refractivity contribution is 0.102. The van der Waals surface area contributed by atoms with E-state index in [1.165, 1.54) is 17.8 Å². The van der Waals surface area contributed by atoms with Gasteiger partial charge in [0.15, 0.2) is 0 Å². The van der Waals surface area contributed by atoms with Crippen LogP contribution in [0.3, 0.4) is 0 Å². The van der Waals surface area contributed by atoms with Crippen LogP contribution in [0.1, 0.15) is 26.5 Å². The van der Waals surface area contributed by atoms with E-state index in [0.717, 1.165) is 4.90 Å². The van der Waals surface area contributed by atoms with E-state index in [1.54, 1.807) is 54.6 Å². The predicted octanol–water partition coefficient (Wildman–Crippen LogP) is 5.82. The van der Waals surface area contributed by atoms with Crippen molar-refractivity contribution < 1.29 is 19.1 Å². The number of nitrogens with one attached hydrogen (secondary N) is 1. The molecule has 3 aromatic carbocycles. The van der Waals surface area contributed by atoms with Gasteiger partial charge in [0.1, 0.15) is 17.3 Å². The van der Waals surface area contributed by atoms with Gasteiger partial charge in [-0.15, -0.1) is 0 Å². The van der Waals surface area contributed by atoms with Crippen molar-refractivity contribution in [2.45, 2.75) is 4.90 Å². The number of carbonyl (C=O) groups excluding carboxylic acids is 2. The summed E-state index contributed by atoms with van der Waals surface area (Å²) in [5.74, 6) is 0.399. The van der Waals surface area contributed by atoms with Gasteiger partial charge in [0.25, 0.3) is 5.91 Å². The molecule has 0 spiro atoms. The minimum atomic E-state index is -0.460. The Morgan fingerprint density at radius 2 is 1.79 bits per heavy atom. The number of amides is 1. The number of hydrogen-bond acceptors (Lipinski definition) is 6. The van der Waals surface area contributed by atoms with E-state index < -0.39 is 5.91 Å². The molecule has 2 heterocycles. The number of hydrogen-bond donors (Lipinski definition) is 3. The van der Waals surface area contributed by atoms with Gasteiger partial charge in [0.05, 0.1) is 10.5 Å². The van der Waals surface area contributed by atoms with Crippen LogP contribution >= 0.6 is 11.8 Å². The Hall–Kier alpha value is -4.23. The predicted molar refractivity (Wildman–Crippen MR) is 129 cm³/mol. The molecule has 0 atom stereocenters. The molecule has 0 bridgehead atoms. The molecule has 5 rings (SSSR count). The van der Waals surface area contributed by atoms with E-state index in [-0.39, 0.29) is 17.1 Å². The maximum Gasteiger partial charge on any atom is 0.259 e. The number of aromatic hydroxyl groups is 1. The maximum absolute atomic E-state index is 12.7. The lowest BCUT2D eigenvalue weighted by atomic mass is 10.1. The van der Waals surface area contributed by atoms with Crippen LogP contribution in [0.5, 0.6) is 5.75 Å². The zero-order chi connectivity index (χ0) is 22.9. The smallest absolute Gasteiger partial charge is 0.259 e. The first-order chi connectivity index (χ1) is 16.0. The first kappa shape index (κ1) is 20.7. The van der Waals surface area contributed by atoms with Crippen LogP contribution in [0.4, 0.5) is 11.4 Å². The fourth-order valence-corrected chi connectivity index (χ4v) is 4.52. The first-order valence-corrected chi connectivity index (χ1v) is 10.9. The van der Waals surface area contributed by atoms with Crippen molar-refractivity contribution >= 4 is 40.9 Å². The van der Waals surface area contributed by atoms with E-state index in [2.05, 4.69) is 5.32 Å². The lowest BCUT2D eigenvalue weighted by Gasteiger charge is -2.08. The summed E-state index contributed by atoms with van der Waals surface area (Å²) in [5, 5.41) is 13.0. The quantitative estimate of drug-likeness (QED) is 0.265. The molecule has 4 N–H and O–H groups in total. The number of benzene rings is 3. The Labute approximate surface area is 193 Å². The molecule has 1 aromatic heterocycles. The molecule has 33 heavy (non-hydrogen) atoms. The van der Waals surface area contributed by atoms with Crippen molar-refractivity contribution in [1.29, 1.82) is 0 Å². The number of nitrogen functional groups attached to an aromatic ring is 1. The molecular weight excluding hydrogens is 436 g/mol. The molecule has 1 amide bonds. The molecule has 1 aliphatic rings. The fraction of sp³-hybridized carbons (Fsp3) is 0. The number of rotatable bonds is 4. The summed E-state index contributed by atoms with van der Waals surface area (Å²) < 4.78 is 5.92. The molecule has 0 aliphatic carbocycles. The van der Waals surface area contributed by atoms with Gasteiger partial charge in [-0.1, -0.05) is 23.9 Å². The standard InChI is InChI=1S/C26H18N2O4S/c27-16-6-8-17(9-7-16)28-26(31)20-13-15(5-11-21(20)29)22-12-10-18(32-22)14-24-25(30)19-3-1-2-4-23(19)33-24/h1-14,29H,27H2,(H,28,31)/b24-14-. The number of phenols is 1. The average molecular weight is 455 g/mol. The Kier molecular flexibility index (Phi) is 5.24. The number of phenolic OH excluding ortho intramolecular Hbond substituents is 1. The van der Waals surface area contributed by atoms with Crippen molar-refractivity contribution in [2.24, 2.45) is 0 Å². The monoisotopic (exact) mass is 454 g/mol. The van der Waals surface area contributed by atoms with Crippen molar-refractivity contribution in [3.8, 4) is 17.1 Å². The molecule has 0 unspecified atom stereocenters. The number of ketones is 1. The maximum atomic E-state index is 12.7. The van der Waals surface area contributed by atoms with Crippen molar-refractivity contribution in [2.75, 3.05) is 11.1 Å². The highest BCUT2D eigenvalue weighted by Crippen LogP contribution is 2.41. The summed E-state index contributed by atoms with van der Waals surface area (Å²) in [6, 6.07) is 22.4. The Morgan fingerprint density at radius 1 is 1.00 bits per heavy atom. The summed E-state index contributed by atoms with van der Waals surface area (Å²) >= 11 is 1.41. The van der Waals surface area contributed by atoms with Crippen LogP contribution in [0.25, 0.3) is 17.4 Å². The van der Waals surface area contributed by atoms with Gasteiger partial charge in [0.2, 0.25) is 5.78 Å². The summed E-state index contributed by atoms with van der Waals surface area (Å²) in [6.07, 6.45) is 1.71. The zero-order valence-electron chi connectivity index (χ0n) is 17.2. The highest BCUT2D eigenvalue weighted by Gasteiger charge is 2.25. The number of anilines is 2. The van der Waals surface area contributed by atoms with E-state index in [4.69, 9.17) is 10.2 Å². The molecule has 1 aliphatic heterocycles. The molecule has 0 saturated heterocycles. The summed E-state index contributed by atoms with van der Waals surface area (Å²) in [4.78, 5) is 26.8. The molecular formula is C26H18N2O4S. The third-order valence-corrected chi connectivity index (χ3v) is 6.27. The minimum Gasteiger partial charge on any atom is -0.507 e. The Bertz CT molecular complexity index is 1420. The highest BCUT2D eigenvalue weighted by atomic mass is 32.2. The summed E-state index contributed by atoms with van der Waals surface area (Å²) in [6.45, 7) is 0. The minimum absolute atomic E-state index is 0.0280. The van der Waals surface area contributed by atoms with Crippen LogP contribution in [-0.2, 0) is 0 Å². The summed E-state index contributed by atoms with van der Waals surface area (Å²) in [5.41, 5.74) is 8.24. The van der Waals surface area contributed by atoms with Gasteiger partial charge >= 0.3 is 0 Å². The van der Waals surface area contributed by atoms with E-state index in [1.807, 2.05) is 24.3 Å². The second-order valence-corrected chi connectivity index (χ2v) is 8.53. The van der Waals surface area contributed by atoms with E-state index >= 15 is 0 Å². The van der Waals surface area contributed by atoms with E-state index in [0.29, 0.717) is 38.9 Å². The third-order valence-electron chi connectivity index (χ3n) is 5.17. The van der Waals surface area contributed by atoms with Gasteiger partial charge in [-0.2, -0.15) is 0 Å². The molecule has 4 aromatic rings. The zero-order valence-corrected chi connectivity index (χ0v) is 18.1. The average Bonchev–Trinajstić information content (AvgIpc) is 3.41. The van der Waals surface area contributed by atoms with Crippen molar-refractivity contribution in [3.05, 3.63) is 101 Å². The number of Topliss-reactive ketones (excluding diaryl/α,β-unsaturated/α-hetero) is 1. The Morgan fingerprint density at radius 3 is 2.58 bits per heavy atom. The van der Waals surface area contributed by atoms with Crippen molar-refractivity contribution in [3.63, 3.8) is 0 Å². The molecule has 0 radical (unpaired) electrons. The fourth-order valence-electron chi connectivity index (χ4n) is 3.49.